The Bertz CT molecular complexity index is 473. The summed E-state index contributed by atoms with van der Waals surface area (Å²) < 4.78 is 0. The van der Waals surface area contributed by atoms with Crippen molar-refractivity contribution < 1.29 is 5.11 Å². The van der Waals surface area contributed by atoms with Crippen LogP contribution < -0.4 is 4.90 Å². The highest BCUT2D eigenvalue weighted by molar-refractivity contribution is 5.57. The Morgan fingerprint density at radius 2 is 2.11 bits per heavy atom. The summed E-state index contributed by atoms with van der Waals surface area (Å²) in [6.45, 7) is 2.24. The fourth-order valence-electron chi connectivity index (χ4n) is 2.84. The first-order valence-corrected chi connectivity index (χ1v) is 6.86. The van der Waals surface area contributed by atoms with E-state index in [4.69, 9.17) is 0 Å². The molecule has 0 bridgehead atoms. The van der Waals surface area contributed by atoms with Gasteiger partial charge in [-0.1, -0.05) is 0 Å². The average Bonchev–Trinajstić information content (AvgIpc) is 2.46. The molecule has 1 aliphatic rings. The van der Waals surface area contributed by atoms with Gasteiger partial charge in [-0.05, 0) is 50.2 Å². The monoisotopic (exact) mass is 259 g/mol. The maximum Gasteiger partial charge on any atom is 0.146 e. The van der Waals surface area contributed by atoms with Crippen molar-refractivity contribution in [2.45, 2.75) is 38.6 Å². The molecule has 1 fully saturated rings. The molecule has 1 saturated carbocycles. The zero-order chi connectivity index (χ0) is 13.8. The molecule has 0 aromatic carbocycles. The summed E-state index contributed by atoms with van der Waals surface area (Å²) in [6, 6.07) is 4.55. The van der Waals surface area contributed by atoms with Crippen LogP contribution in [0, 0.1) is 24.2 Å². The third kappa shape index (κ3) is 2.87. The van der Waals surface area contributed by atoms with Crippen LogP contribution in [0.5, 0.6) is 0 Å². The average molecular weight is 259 g/mol. The van der Waals surface area contributed by atoms with Crippen molar-refractivity contribution in [3.05, 3.63) is 23.4 Å². The van der Waals surface area contributed by atoms with E-state index in [9.17, 15) is 10.4 Å². The van der Waals surface area contributed by atoms with Crippen molar-refractivity contribution in [3.8, 4) is 6.07 Å². The van der Waals surface area contributed by atoms with E-state index in [1.807, 2.05) is 20.0 Å². The van der Waals surface area contributed by atoms with E-state index >= 15 is 0 Å². The molecule has 1 aromatic heterocycles. The van der Waals surface area contributed by atoms with Gasteiger partial charge in [0.05, 0.1) is 5.56 Å². The highest BCUT2D eigenvalue weighted by Crippen LogP contribution is 2.30. The number of anilines is 1. The van der Waals surface area contributed by atoms with E-state index in [1.165, 1.54) is 0 Å². The molecule has 0 unspecified atom stereocenters. The molecule has 0 aliphatic heterocycles. The van der Waals surface area contributed by atoms with Crippen LogP contribution in [0.1, 0.15) is 36.8 Å². The van der Waals surface area contributed by atoms with Gasteiger partial charge in [-0.3, -0.25) is 0 Å². The van der Waals surface area contributed by atoms with E-state index in [1.54, 1.807) is 6.20 Å². The number of aliphatic hydroxyl groups excluding tert-OH is 1. The van der Waals surface area contributed by atoms with Crippen molar-refractivity contribution in [3.63, 3.8) is 0 Å². The number of hydrogen-bond acceptors (Lipinski definition) is 4. The first-order valence-electron chi connectivity index (χ1n) is 6.86. The molecular formula is C15H21N3O. The van der Waals surface area contributed by atoms with Crippen LogP contribution in [0.4, 0.5) is 5.82 Å². The van der Waals surface area contributed by atoms with Gasteiger partial charge in [-0.15, -0.1) is 0 Å². The molecular weight excluding hydrogens is 238 g/mol. The van der Waals surface area contributed by atoms with E-state index < -0.39 is 0 Å². The fraction of sp³-hybridized carbons (Fsp3) is 0.600. The van der Waals surface area contributed by atoms with E-state index in [0.717, 1.165) is 37.1 Å². The highest BCUT2D eigenvalue weighted by atomic mass is 16.3. The van der Waals surface area contributed by atoms with Gasteiger partial charge in [0.15, 0.2) is 0 Å². The van der Waals surface area contributed by atoms with Gasteiger partial charge in [0.2, 0.25) is 0 Å². The van der Waals surface area contributed by atoms with Crippen molar-refractivity contribution in [1.29, 1.82) is 5.26 Å². The molecule has 2 rings (SSSR count). The smallest absolute Gasteiger partial charge is 0.146 e. The normalized spacial score (nSPS) is 22.8. The van der Waals surface area contributed by atoms with Gasteiger partial charge >= 0.3 is 0 Å². The molecule has 4 nitrogen and oxygen atoms in total. The molecule has 0 radical (unpaired) electrons. The zero-order valence-electron chi connectivity index (χ0n) is 11.6. The van der Waals surface area contributed by atoms with Gasteiger partial charge < -0.3 is 10.0 Å². The van der Waals surface area contributed by atoms with Crippen molar-refractivity contribution in [1.82, 2.24) is 4.98 Å². The number of pyridine rings is 1. The van der Waals surface area contributed by atoms with Crippen molar-refractivity contribution in [2.75, 3.05) is 18.6 Å². The van der Waals surface area contributed by atoms with E-state index in [0.29, 0.717) is 24.1 Å². The summed E-state index contributed by atoms with van der Waals surface area (Å²) in [7, 11) is 2.02. The van der Waals surface area contributed by atoms with Gasteiger partial charge in [0.1, 0.15) is 11.9 Å². The van der Waals surface area contributed by atoms with Gasteiger partial charge in [-0.25, -0.2) is 4.98 Å². The third-order valence-corrected chi connectivity index (χ3v) is 4.21. The molecule has 4 heteroatoms. The Balaban J connectivity index is 2.15. The minimum Gasteiger partial charge on any atom is -0.396 e. The topological polar surface area (TPSA) is 60.1 Å². The Morgan fingerprint density at radius 3 is 2.68 bits per heavy atom. The lowest BCUT2D eigenvalue weighted by Gasteiger charge is -2.35. The van der Waals surface area contributed by atoms with Gasteiger partial charge in [-0.2, -0.15) is 5.26 Å². The largest absolute Gasteiger partial charge is 0.396 e. The zero-order valence-corrected chi connectivity index (χ0v) is 11.6. The molecule has 19 heavy (non-hydrogen) atoms. The molecule has 0 amide bonds. The Hall–Kier alpha value is -1.60. The first kappa shape index (κ1) is 13.8. The van der Waals surface area contributed by atoms with Crippen LogP contribution in [0.25, 0.3) is 0 Å². The predicted octanol–water partition coefficient (Wildman–Crippen LogP) is 2.25. The lowest BCUT2D eigenvalue weighted by atomic mass is 9.86. The van der Waals surface area contributed by atoms with E-state index in [2.05, 4.69) is 16.0 Å². The highest BCUT2D eigenvalue weighted by Gasteiger charge is 2.25. The number of aliphatic hydroxyl groups is 1. The second kappa shape index (κ2) is 6.03. The van der Waals surface area contributed by atoms with Crippen LogP contribution in [-0.4, -0.2) is 29.8 Å². The maximum absolute atomic E-state index is 9.28. The van der Waals surface area contributed by atoms with Crippen molar-refractivity contribution in [2.24, 2.45) is 5.92 Å². The SMILES string of the molecule is Cc1ccnc(N(C)C2CCC(CO)CC2)c1C#N. The van der Waals surface area contributed by atoms with Crippen LogP contribution in [-0.2, 0) is 0 Å². The minimum atomic E-state index is 0.294. The molecule has 1 heterocycles. The second-order valence-electron chi connectivity index (χ2n) is 5.41. The predicted molar refractivity (Wildman–Crippen MR) is 74.9 cm³/mol. The quantitative estimate of drug-likeness (QED) is 0.904. The first-order chi connectivity index (χ1) is 9.17. The third-order valence-electron chi connectivity index (χ3n) is 4.21. The van der Waals surface area contributed by atoms with Crippen LogP contribution in [0.2, 0.25) is 0 Å². The summed E-state index contributed by atoms with van der Waals surface area (Å²) in [5.41, 5.74) is 1.65. The van der Waals surface area contributed by atoms with E-state index in [-0.39, 0.29) is 0 Å². The number of aryl methyl sites for hydroxylation is 1. The maximum atomic E-state index is 9.28. The lowest BCUT2D eigenvalue weighted by molar-refractivity contribution is 0.182. The minimum absolute atomic E-state index is 0.294. The summed E-state index contributed by atoms with van der Waals surface area (Å²) in [4.78, 5) is 6.52. The second-order valence-corrected chi connectivity index (χ2v) is 5.41. The summed E-state index contributed by atoms with van der Waals surface area (Å²) in [5.74, 6) is 1.24. The summed E-state index contributed by atoms with van der Waals surface area (Å²) in [6.07, 6.45) is 5.99. The molecule has 1 aromatic rings. The number of nitrogens with zero attached hydrogens (tertiary/aromatic N) is 3. The van der Waals surface area contributed by atoms with Crippen LogP contribution in [0.3, 0.4) is 0 Å². The standard InChI is InChI=1S/C15H21N3O/c1-11-7-8-17-15(14(11)9-16)18(2)13-5-3-12(10-19)4-6-13/h7-8,12-13,19H,3-6,10H2,1-2H3. The van der Waals surface area contributed by atoms with Crippen molar-refractivity contribution >= 4 is 5.82 Å². The number of aromatic nitrogens is 1. The summed E-state index contributed by atoms with van der Waals surface area (Å²) in [5, 5.41) is 18.5. The molecule has 0 saturated heterocycles. The Morgan fingerprint density at radius 1 is 1.42 bits per heavy atom. The lowest BCUT2D eigenvalue weighted by Crippen LogP contribution is -2.36. The molecule has 0 spiro atoms. The number of nitriles is 1. The van der Waals surface area contributed by atoms with Crippen LogP contribution in [0.15, 0.2) is 12.3 Å². The van der Waals surface area contributed by atoms with Gasteiger partial charge in [0, 0.05) is 25.9 Å². The summed E-state index contributed by atoms with van der Waals surface area (Å²) >= 11 is 0. The Labute approximate surface area is 114 Å². The molecule has 1 aliphatic carbocycles. The fourth-order valence-corrected chi connectivity index (χ4v) is 2.84. The Kier molecular flexibility index (Phi) is 4.39. The van der Waals surface area contributed by atoms with Gasteiger partial charge in [0.25, 0.3) is 0 Å². The number of rotatable bonds is 3. The molecule has 102 valence electrons. The molecule has 1 N–H and O–H groups in total. The molecule has 0 atom stereocenters. The number of hydrogen-bond donors (Lipinski definition) is 1. The van der Waals surface area contributed by atoms with Crippen LogP contribution >= 0.6 is 0 Å².